The van der Waals surface area contributed by atoms with Crippen LogP contribution in [-0.4, -0.2) is 28.7 Å². The average Bonchev–Trinajstić information content (AvgIpc) is 2.86. The topological polar surface area (TPSA) is 92.2 Å². The van der Waals surface area contributed by atoms with E-state index in [1.165, 1.54) is 6.07 Å². The van der Waals surface area contributed by atoms with Crippen molar-refractivity contribution in [3.05, 3.63) is 107 Å². The first-order chi connectivity index (χ1) is 17.3. The first kappa shape index (κ1) is 24.0. The second-order valence-corrected chi connectivity index (χ2v) is 10.4. The number of benzene rings is 3. The minimum atomic E-state index is -3.96. The van der Waals surface area contributed by atoms with Gasteiger partial charge in [-0.15, -0.1) is 0 Å². The summed E-state index contributed by atoms with van der Waals surface area (Å²) in [6.07, 6.45) is 3.20. The Morgan fingerprint density at radius 1 is 1.00 bits per heavy atom. The van der Waals surface area contributed by atoms with Crippen LogP contribution in [0.4, 0.5) is 20.4 Å². The molecule has 4 aromatic rings. The van der Waals surface area contributed by atoms with Crippen LogP contribution in [0.15, 0.2) is 72.9 Å². The van der Waals surface area contributed by atoms with E-state index in [1.54, 1.807) is 12.3 Å². The van der Waals surface area contributed by atoms with Gasteiger partial charge in [0.25, 0.3) is 10.1 Å². The quantitative estimate of drug-likeness (QED) is 0.313. The monoisotopic (exact) mass is 507 g/mol. The number of hydrogen-bond donors (Lipinski definition) is 2. The van der Waals surface area contributed by atoms with Gasteiger partial charge in [0.15, 0.2) is 11.6 Å². The smallest absolute Gasteiger partial charge is 0.264 e. The zero-order chi connectivity index (χ0) is 25.3. The Morgan fingerprint density at radius 3 is 2.53 bits per heavy atom. The lowest BCUT2D eigenvalue weighted by atomic mass is 9.78. The van der Waals surface area contributed by atoms with Gasteiger partial charge in [0.1, 0.15) is 0 Å². The molecule has 0 saturated carbocycles. The number of fused-ring (bicyclic) bond motifs is 3. The van der Waals surface area contributed by atoms with E-state index in [0.717, 1.165) is 39.7 Å². The molecule has 0 radical (unpaired) electrons. The maximum absolute atomic E-state index is 14.0. The minimum Gasteiger partial charge on any atom is -0.324 e. The summed E-state index contributed by atoms with van der Waals surface area (Å²) in [6, 6.07) is 19.3. The van der Waals surface area contributed by atoms with Gasteiger partial charge in [-0.3, -0.25) is 4.55 Å². The highest BCUT2D eigenvalue weighted by Crippen LogP contribution is 2.42. The van der Waals surface area contributed by atoms with Gasteiger partial charge in [-0.1, -0.05) is 42.5 Å². The molecule has 1 atom stereocenters. The lowest BCUT2D eigenvalue weighted by Crippen LogP contribution is -2.15. The summed E-state index contributed by atoms with van der Waals surface area (Å²) in [7, 11) is -3.96. The summed E-state index contributed by atoms with van der Waals surface area (Å²) in [5.74, 6) is -1.72. The van der Waals surface area contributed by atoms with Crippen LogP contribution >= 0.6 is 0 Å². The van der Waals surface area contributed by atoms with Crippen molar-refractivity contribution in [2.75, 3.05) is 11.1 Å². The molecule has 1 aromatic heterocycles. The van der Waals surface area contributed by atoms with Crippen molar-refractivity contribution in [1.29, 1.82) is 0 Å². The van der Waals surface area contributed by atoms with Crippen LogP contribution in [0.1, 0.15) is 34.6 Å². The predicted molar refractivity (Wildman–Crippen MR) is 134 cm³/mol. The van der Waals surface area contributed by atoms with Crippen molar-refractivity contribution in [1.82, 2.24) is 9.97 Å². The molecule has 1 unspecified atom stereocenters. The largest absolute Gasteiger partial charge is 0.324 e. The molecule has 0 saturated heterocycles. The number of aromatic nitrogens is 2. The SMILES string of the molecule is O=S(=O)(O)CCCc1ccc(Nc2ncc3c(n2)-c2ccccc2C(c2ccc(F)c(F)c2)C3)cc1. The van der Waals surface area contributed by atoms with E-state index in [0.29, 0.717) is 30.8 Å². The molecule has 6 nitrogen and oxygen atoms in total. The number of rotatable bonds is 7. The van der Waals surface area contributed by atoms with Gasteiger partial charge in [-0.25, -0.2) is 18.7 Å². The molecule has 2 N–H and O–H groups in total. The van der Waals surface area contributed by atoms with Crippen LogP contribution in [0.3, 0.4) is 0 Å². The molecule has 0 amide bonds. The molecule has 184 valence electrons. The summed E-state index contributed by atoms with van der Waals surface area (Å²) in [5, 5.41) is 3.20. The maximum Gasteiger partial charge on any atom is 0.264 e. The standard InChI is InChI=1S/C27H23F2N3O3S/c28-24-12-9-18(15-25(24)29)23-14-19-16-30-27(32-26(19)22-6-2-1-5-21(22)23)31-20-10-7-17(8-11-20)4-3-13-36(33,34)35/h1-2,5-12,15-16,23H,3-4,13-14H2,(H,30,31,32)(H,33,34,35). The Morgan fingerprint density at radius 2 is 1.78 bits per heavy atom. The van der Waals surface area contributed by atoms with E-state index in [4.69, 9.17) is 9.54 Å². The second kappa shape index (κ2) is 9.75. The Labute approximate surface area is 207 Å². The third kappa shape index (κ3) is 5.27. The molecular formula is C27H23F2N3O3S. The number of aryl methyl sites for hydroxylation is 1. The molecule has 0 bridgehead atoms. The zero-order valence-electron chi connectivity index (χ0n) is 19.2. The molecule has 1 heterocycles. The van der Waals surface area contributed by atoms with Crippen molar-refractivity contribution >= 4 is 21.8 Å². The third-order valence-corrected chi connectivity index (χ3v) is 7.11. The molecule has 3 aromatic carbocycles. The van der Waals surface area contributed by atoms with Gasteiger partial charge in [0.05, 0.1) is 11.4 Å². The fraction of sp³-hybridized carbons (Fsp3) is 0.185. The molecule has 1 aliphatic carbocycles. The summed E-state index contributed by atoms with van der Waals surface area (Å²) in [5.41, 5.74) is 6.06. The number of nitrogens with zero attached hydrogens (tertiary/aromatic N) is 2. The molecular weight excluding hydrogens is 484 g/mol. The lowest BCUT2D eigenvalue weighted by Gasteiger charge is -2.27. The summed E-state index contributed by atoms with van der Waals surface area (Å²) in [6.45, 7) is 0. The van der Waals surface area contributed by atoms with Gasteiger partial charge in [-0.05, 0) is 65.8 Å². The number of hydrogen-bond acceptors (Lipinski definition) is 5. The van der Waals surface area contributed by atoms with E-state index in [1.807, 2.05) is 48.5 Å². The highest BCUT2D eigenvalue weighted by atomic mass is 32.2. The van der Waals surface area contributed by atoms with E-state index >= 15 is 0 Å². The normalized spacial score (nSPS) is 14.7. The molecule has 5 rings (SSSR count). The van der Waals surface area contributed by atoms with Crippen molar-refractivity contribution in [3.8, 4) is 11.3 Å². The minimum absolute atomic E-state index is 0.139. The molecule has 0 fully saturated rings. The van der Waals surface area contributed by atoms with E-state index in [-0.39, 0.29) is 11.7 Å². The first-order valence-electron chi connectivity index (χ1n) is 11.5. The Hall–Kier alpha value is -3.69. The van der Waals surface area contributed by atoms with Crippen LogP contribution in [0.25, 0.3) is 11.3 Å². The van der Waals surface area contributed by atoms with Crippen molar-refractivity contribution < 1.29 is 21.8 Å². The average molecular weight is 508 g/mol. The van der Waals surface area contributed by atoms with Crippen molar-refractivity contribution in [2.45, 2.75) is 25.2 Å². The first-order valence-corrected chi connectivity index (χ1v) is 13.1. The molecule has 0 spiro atoms. The van der Waals surface area contributed by atoms with Crippen molar-refractivity contribution in [3.63, 3.8) is 0 Å². The van der Waals surface area contributed by atoms with Crippen LogP contribution in [0.5, 0.6) is 0 Å². The highest BCUT2D eigenvalue weighted by molar-refractivity contribution is 7.85. The fourth-order valence-corrected chi connectivity index (χ4v) is 5.07. The van der Waals surface area contributed by atoms with Crippen molar-refractivity contribution in [2.24, 2.45) is 0 Å². The van der Waals surface area contributed by atoms with Crippen LogP contribution in [0.2, 0.25) is 0 Å². The van der Waals surface area contributed by atoms with Gasteiger partial charge in [0, 0.05) is 23.4 Å². The Balaban J connectivity index is 1.37. The summed E-state index contributed by atoms with van der Waals surface area (Å²) in [4.78, 5) is 9.23. The van der Waals surface area contributed by atoms with Gasteiger partial charge < -0.3 is 5.32 Å². The van der Waals surface area contributed by atoms with Gasteiger partial charge in [-0.2, -0.15) is 8.42 Å². The predicted octanol–water partition coefficient (Wildman–Crippen LogP) is 5.67. The summed E-state index contributed by atoms with van der Waals surface area (Å²) < 4.78 is 58.1. The Bertz CT molecular complexity index is 1530. The van der Waals surface area contributed by atoms with Crippen LogP contribution in [0, 0.1) is 11.6 Å². The number of nitrogens with one attached hydrogen (secondary N) is 1. The molecule has 9 heteroatoms. The summed E-state index contributed by atoms with van der Waals surface area (Å²) >= 11 is 0. The molecule has 0 aliphatic heterocycles. The lowest BCUT2D eigenvalue weighted by molar-refractivity contribution is 0.481. The van der Waals surface area contributed by atoms with Gasteiger partial charge in [0.2, 0.25) is 5.95 Å². The van der Waals surface area contributed by atoms with E-state index in [9.17, 15) is 17.2 Å². The van der Waals surface area contributed by atoms with E-state index in [2.05, 4.69) is 10.3 Å². The maximum atomic E-state index is 14.0. The molecule has 36 heavy (non-hydrogen) atoms. The van der Waals surface area contributed by atoms with Crippen LogP contribution < -0.4 is 5.32 Å². The molecule has 1 aliphatic rings. The zero-order valence-corrected chi connectivity index (χ0v) is 20.0. The highest BCUT2D eigenvalue weighted by Gasteiger charge is 2.28. The van der Waals surface area contributed by atoms with Gasteiger partial charge >= 0.3 is 0 Å². The fourth-order valence-electron chi connectivity index (χ4n) is 4.57. The number of halogens is 2. The third-order valence-electron chi connectivity index (χ3n) is 6.30. The van der Waals surface area contributed by atoms with E-state index < -0.39 is 21.8 Å². The second-order valence-electron chi connectivity index (χ2n) is 8.80. The Kier molecular flexibility index (Phi) is 6.51. The van der Waals surface area contributed by atoms with Crippen LogP contribution in [-0.2, 0) is 23.0 Å². The number of anilines is 2.